The van der Waals surface area contributed by atoms with Gasteiger partial charge in [-0.2, -0.15) is 0 Å². The molecule has 62 heavy (non-hydrogen) atoms. The van der Waals surface area contributed by atoms with Crippen molar-refractivity contribution in [1.82, 2.24) is 4.57 Å². The molecule has 0 spiro atoms. The minimum Gasteiger partial charge on any atom is -0.456 e. The van der Waals surface area contributed by atoms with Crippen molar-refractivity contribution in [2.45, 2.75) is 12.3 Å². The second kappa shape index (κ2) is 15.0. The first kappa shape index (κ1) is 36.0. The van der Waals surface area contributed by atoms with Gasteiger partial charge >= 0.3 is 0 Å². The lowest BCUT2D eigenvalue weighted by atomic mass is 9.86. The van der Waals surface area contributed by atoms with Gasteiger partial charge in [0.15, 0.2) is 0 Å². The van der Waals surface area contributed by atoms with Crippen molar-refractivity contribution in [3.63, 3.8) is 0 Å². The molecule has 0 radical (unpaired) electrons. The monoisotopic (exact) mass is 791 g/mol. The fourth-order valence-corrected chi connectivity index (χ4v) is 9.57. The average molecular weight is 792 g/mol. The SMILES string of the molecule is C1=CC(c2ccc3oc4ccc(-c5ccc6c(c5)c5cc(-c7ccccc7)ccc5n6-c5ccccc5)cc4c3c2)=CC(c2cccc(-c3cccc(-c4ccccc4)c3)c2)C1. The van der Waals surface area contributed by atoms with Gasteiger partial charge in [0, 0.05) is 33.2 Å². The summed E-state index contributed by atoms with van der Waals surface area (Å²) in [7, 11) is 0. The van der Waals surface area contributed by atoms with E-state index in [9.17, 15) is 0 Å². The van der Waals surface area contributed by atoms with E-state index in [1.54, 1.807) is 0 Å². The van der Waals surface area contributed by atoms with Crippen molar-refractivity contribution in [3.8, 4) is 50.2 Å². The van der Waals surface area contributed by atoms with Crippen LogP contribution < -0.4 is 0 Å². The smallest absolute Gasteiger partial charge is 0.135 e. The van der Waals surface area contributed by atoms with Gasteiger partial charge in [-0.1, -0.05) is 164 Å². The van der Waals surface area contributed by atoms with Crippen LogP contribution in [0.3, 0.4) is 0 Å². The Kier molecular flexibility index (Phi) is 8.67. The van der Waals surface area contributed by atoms with Gasteiger partial charge < -0.3 is 8.98 Å². The van der Waals surface area contributed by atoms with Crippen LogP contribution >= 0.6 is 0 Å². The quantitative estimate of drug-likeness (QED) is 0.157. The van der Waals surface area contributed by atoms with E-state index in [0.717, 1.165) is 34.0 Å². The summed E-state index contributed by atoms with van der Waals surface area (Å²) in [6, 6.07) is 77.0. The molecular formula is C60H41NO. The van der Waals surface area contributed by atoms with Crippen LogP contribution in [0.2, 0.25) is 0 Å². The lowest BCUT2D eigenvalue weighted by molar-refractivity contribution is 0.669. The zero-order valence-corrected chi connectivity index (χ0v) is 34.1. The number of nitrogens with zero attached hydrogens (tertiary/aromatic N) is 1. The van der Waals surface area contributed by atoms with Crippen molar-refractivity contribution >= 4 is 49.3 Å². The number of hydrogen-bond donors (Lipinski definition) is 0. The molecule has 12 rings (SSSR count). The van der Waals surface area contributed by atoms with Crippen molar-refractivity contribution in [2.24, 2.45) is 0 Å². The van der Waals surface area contributed by atoms with E-state index in [2.05, 4.69) is 235 Å². The Morgan fingerprint density at radius 1 is 0.371 bits per heavy atom. The van der Waals surface area contributed by atoms with Crippen molar-refractivity contribution < 1.29 is 4.42 Å². The number of para-hydroxylation sites is 1. The highest BCUT2D eigenvalue weighted by atomic mass is 16.3. The highest BCUT2D eigenvalue weighted by molar-refractivity contribution is 6.12. The van der Waals surface area contributed by atoms with Gasteiger partial charge in [0.2, 0.25) is 0 Å². The molecule has 0 N–H and O–H groups in total. The van der Waals surface area contributed by atoms with E-state index in [-0.39, 0.29) is 5.92 Å². The molecule has 0 saturated carbocycles. The zero-order valence-electron chi connectivity index (χ0n) is 34.1. The van der Waals surface area contributed by atoms with Gasteiger partial charge in [-0.15, -0.1) is 0 Å². The van der Waals surface area contributed by atoms with Gasteiger partial charge in [0.1, 0.15) is 11.2 Å². The van der Waals surface area contributed by atoms with Crippen LogP contribution in [0.25, 0.3) is 99.5 Å². The van der Waals surface area contributed by atoms with Crippen LogP contribution in [0.15, 0.2) is 235 Å². The number of hydrogen-bond acceptors (Lipinski definition) is 1. The Morgan fingerprint density at radius 3 is 1.48 bits per heavy atom. The van der Waals surface area contributed by atoms with Crippen LogP contribution in [0.4, 0.5) is 0 Å². The van der Waals surface area contributed by atoms with Gasteiger partial charge in [-0.05, 0) is 134 Å². The van der Waals surface area contributed by atoms with Gasteiger partial charge in [0.05, 0.1) is 11.0 Å². The molecule has 2 heterocycles. The highest BCUT2D eigenvalue weighted by Crippen LogP contribution is 2.40. The second-order valence-corrected chi connectivity index (χ2v) is 16.5. The molecular weight excluding hydrogens is 751 g/mol. The summed E-state index contributed by atoms with van der Waals surface area (Å²) < 4.78 is 8.85. The largest absolute Gasteiger partial charge is 0.456 e. The molecule has 0 aliphatic heterocycles. The molecule has 2 aromatic heterocycles. The van der Waals surface area contributed by atoms with E-state index < -0.39 is 0 Å². The Balaban J connectivity index is 0.904. The number of benzene rings is 9. The summed E-state index contributed by atoms with van der Waals surface area (Å²) in [5.74, 6) is 0.280. The summed E-state index contributed by atoms with van der Waals surface area (Å²) in [6.45, 7) is 0. The van der Waals surface area contributed by atoms with Gasteiger partial charge in [-0.25, -0.2) is 0 Å². The maximum atomic E-state index is 6.46. The molecule has 2 nitrogen and oxygen atoms in total. The third-order valence-electron chi connectivity index (χ3n) is 12.7. The third kappa shape index (κ3) is 6.36. The first-order chi connectivity index (χ1) is 30.7. The van der Waals surface area contributed by atoms with Crippen LogP contribution in [0, 0.1) is 0 Å². The van der Waals surface area contributed by atoms with E-state index in [1.165, 1.54) is 83.0 Å². The van der Waals surface area contributed by atoms with E-state index in [0.29, 0.717) is 0 Å². The standard InChI is InChI=1S/C60H41NO/c1-4-13-40(14-5-1)42-17-10-18-43(33-42)44-19-11-20-45(34-44)46-21-12-22-47(35-46)50-27-31-59-55(38-50)56-39-51(28-32-60(56)62-59)49-26-30-58-54(37-49)53-36-48(41-15-6-2-7-16-41)25-29-57(53)61(58)52-23-8-3-9-24-52/h1-20,22-39,46H,21H2. The van der Waals surface area contributed by atoms with E-state index in [4.69, 9.17) is 4.42 Å². The topological polar surface area (TPSA) is 18.1 Å². The summed E-state index contributed by atoms with van der Waals surface area (Å²) >= 11 is 0. The van der Waals surface area contributed by atoms with Crippen molar-refractivity contribution in [2.75, 3.05) is 0 Å². The maximum Gasteiger partial charge on any atom is 0.135 e. The van der Waals surface area contributed by atoms with Crippen LogP contribution in [-0.4, -0.2) is 4.57 Å². The van der Waals surface area contributed by atoms with Gasteiger partial charge in [-0.3, -0.25) is 0 Å². The Hall–Kier alpha value is -7.94. The van der Waals surface area contributed by atoms with Crippen molar-refractivity contribution in [1.29, 1.82) is 0 Å². The molecule has 292 valence electrons. The molecule has 0 fully saturated rings. The Labute approximate surface area is 361 Å². The Morgan fingerprint density at radius 2 is 0.839 bits per heavy atom. The minimum atomic E-state index is 0.280. The number of rotatable bonds is 7. The molecule has 11 aromatic rings. The summed E-state index contributed by atoms with van der Waals surface area (Å²) in [6.07, 6.45) is 8.02. The molecule has 2 heteroatoms. The molecule has 9 aromatic carbocycles. The molecule has 1 aliphatic rings. The zero-order chi connectivity index (χ0) is 41.0. The fraction of sp³-hybridized carbons (Fsp3) is 0.0333. The lowest BCUT2D eigenvalue weighted by Gasteiger charge is -2.19. The summed E-state index contributed by atoms with van der Waals surface area (Å²) in [5.41, 5.74) is 18.8. The lowest BCUT2D eigenvalue weighted by Crippen LogP contribution is -1.99. The third-order valence-corrected chi connectivity index (χ3v) is 12.7. The first-order valence-electron chi connectivity index (χ1n) is 21.5. The number of aromatic nitrogens is 1. The molecule has 1 unspecified atom stereocenters. The number of allylic oxidation sites excluding steroid dienone is 4. The maximum absolute atomic E-state index is 6.46. The van der Waals surface area contributed by atoms with Gasteiger partial charge in [0.25, 0.3) is 0 Å². The van der Waals surface area contributed by atoms with E-state index in [1.807, 2.05) is 0 Å². The molecule has 0 bridgehead atoms. The number of furan rings is 1. The molecule has 0 amide bonds. The summed E-state index contributed by atoms with van der Waals surface area (Å²) in [5, 5.41) is 4.73. The van der Waals surface area contributed by atoms with Crippen LogP contribution in [0.5, 0.6) is 0 Å². The summed E-state index contributed by atoms with van der Waals surface area (Å²) in [4.78, 5) is 0. The predicted molar refractivity (Wildman–Crippen MR) is 261 cm³/mol. The number of fused-ring (bicyclic) bond motifs is 6. The highest BCUT2D eigenvalue weighted by Gasteiger charge is 2.18. The predicted octanol–water partition coefficient (Wildman–Crippen LogP) is 16.5. The molecule has 1 atom stereocenters. The molecule has 0 saturated heterocycles. The van der Waals surface area contributed by atoms with Crippen LogP contribution in [-0.2, 0) is 0 Å². The fourth-order valence-electron chi connectivity index (χ4n) is 9.57. The normalized spacial score (nSPS) is 13.9. The minimum absolute atomic E-state index is 0.280. The second-order valence-electron chi connectivity index (χ2n) is 16.5. The average Bonchev–Trinajstić information content (AvgIpc) is 3.89. The first-order valence-corrected chi connectivity index (χ1v) is 21.5. The van der Waals surface area contributed by atoms with Crippen molar-refractivity contribution in [3.05, 3.63) is 242 Å². The molecule has 1 aliphatic carbocycles. The van der Waals surface area contributed by atoms with Crippen LogP contribution in [0.1, 0.15) is 23.5 Å². The Bertz CT molecular complexity index is 3530. The van der Waals surface area contributed by atoms with E-state index >= 15 is 0 Å².